The summed E-state index contributed by atoms with van der Waals surface area (Å²) in [5, 5.41) is 12.6. The molecule has 3 N–H and O–H groups in total. The summed E-state index contributed by atoms with van der Waals surface area (Å²) in [6.07, 6.45) is 1.79. The number of likely N-dealkylation sites (tertiary alicyclic amines) is 1. The molecule has 7 nitrogen and oxygen atoms in total. The fraction of sp³-hybridized carbons (Fsp3) is 0.190. The Bertz CT molecular complexity index is 1110. The molecule has 1 aromatic heterocycles. The number of carbonyl (C=O) groups excluding carboxylic acids is 3. The molecule has 3 aromatic rings. The minimum absolute atomic E-state index is 0.0195. The third-order valence-electron chi connectivity index (χ3n) is 5.01. The van der Waals surface area contributed by atoms with Gasteiger partial charge in [0.25, 0.3) is 11.7 Å². The second-order valence-electron chi connectivity index (χ2n) is 6.96. The van der Waals surface area contributed by atoms with Crippen molar-refractivity contribution in [1.82, 2.24) is 15.2 Å². The number of benzene rings is 2. The van der Waals surface area contributed by atoms with Gasteiger partial charge in [0.2, 0.25) is 5.91 Å². The fourth-order valence-corrected chi connectivity index (χ4v) is 3.48. The molecule has 8 heteroatoms. The Morgan fingerprint density at radius 2 is 1.97 bits per heavy atom. The van der Waals surface area contributed by atoms with Gasteiger partial charge < -0.3 is 20.3 Å². The number of nitrogens with zero attached hydrogens (tertiary/aromatic N) is 1. The van der Waals surface area contributed by atoms with E-state index < -0.39 is 17.7 Å². The molecule has 2 amide bonds. The monoisotopic (exact) mass is 395 g/mol. The number of Topliss-reactive ketones (excluding diaryl/α,β-unsaturated/α-hetero) is 1. The van der Waals surface area contributed by atoms with Crippen molar-refractivity contribution in [1.29, 1.82) is 0 Å². The van der Waals surface area contributed by atoms with Crippen LogP contribution in [-0.2, 0) is 16.1 Å². The molecule has 29 heavy (non-hydrogen) atoms. The van der Waals surface area contributed by atoms with E-state index in [9.17, 15) is 23.9 Å². The third kappa shape index (κ3) is 3.69. The van der Waals surface area contributed by atoms with Crippen molar-refractivity contribution in [2.24, 2.45) is 0 Å². The number of hydrogen-bond donors (Lipinski definition) is 3. The average molecular weight is 395 g/mol. The largest absolute Gasteiger partial charge is 0.508 e. The van der Waals surface area contributed by atoms with Gasteiger partial charge in [-0.3, -0.25) is 14.4 Å². The third-order valence-corrected chi connectivity index (χ3v) is 5.01. The minimum Gasteiger partial charge on any atom is -0.508 e. The van der Waals surface area contributed by atoms with Gasteiger partial charge in [-0.15, -0.1) is 0 Å². The van der Waals surface area contributed by atoms with Gasteiger partial charge in [-0.1, -0.05) is 12.1 Å². The molecule has 1 aliphatic heterocycles. The molecule has 1 unspecified atom stereocenters. The molecule has 1 aliphatic rings. The number of phenolic OH excluding ortho intramolecular Hbond substituents is 1. The van der Waals surface area contributed by atoms with Gasteiger partial charge >= 0.3 is 0 Å². The van der Waals surface area contributed by atoms with Crippen LogP contribution in [0.4, 0.5) is 4.39 Å². The first-order valence-corrected chi connectivity index (χ1v) is 9.11. The van der Waals surface area contributed by atoms with Crippen LogP contribution in [0.1, 0.15) is 22.3 Å². The molecule has 1 saturated heterocycles. The number of nitrogens with one attached hydrogen (secondary N) is 2. The summed E-state index contributed by atoms with van der Waals surface area (Å²) in [6, 6.07) is 9.55. The topological polar surface area (TPSA) is 103 Å². The van der Waals surface area contributed by atoms with Crippen molar-refractivity contribution in [2.45, 2.75) is 19.0 Å². The molecule has 0 saturated carbocycles. The molecule has 0 radical (unpaired) electrons. The van der Waals surface area contributed by atoms with Gasteiger partial charge in [0.05, 0.1) is 5.56 Å². The van der Waals surface area contributed by atoms with E-state index in [2.05, 4.69) is 10.3 Å². The van der Waals surface area contributed by atoms with Crippen molar-refractivity contribution in [2.75, 3.05) is 6.54 Å². The van der Waals surface area contributed by atoms with Crippen LogP contribution in [0.15, 0.2) is 48.7 Å². The Labute approximate surface area is 165 Å². The highest BCUT2D eigenvalue weighted by atomic mass is 19.1. The maximum absolute atomic E-state index is 13.0. The van der Waals surface area contributed by atoms with Gasteiger partial charge in [0.1, 0.15) is 17.6 Å². The normalized spacial score (nSPS) is 16.4. The van der Waals surface area contributed by atoms with Crippen LogP contribution in [0.25, 0.3) is 10.9 Å². The van der Waals surface area contributed by atoms with E-state index in [1.54, 1.807) is 23.1 Å². The van der Waals surface area contributed by atoms with E-state index in [1.807, 2.05) is 0 Å². The quantitative estimate of drug-likeness (QED) is 0.455. The van der Waals surface area contributed by atoms with E-state index in [0.29, 0.717) is 30.4 Å². The highest BCUT2D eigenvalue weighted by molar-refractivity contribution is 6.45. The Balaban J connectivity index is 1.42. The van der Waals surface area contributed by atoms with Crippen LogP contribution in [0.3, 0.4) is 0 Å². The Morgan fingerprint density at radius 1 is 1.21 bits per heavy atom. The van der Waals surface area contributed by atoms with Crippen molar-refractivity contribution < 1.29 is 23.9 Å². The van der Waals surface area contributed by atoms with Crippen molar-refractivity contribution in [3.8, 4) is 5.75 Å². The van der Waals surface area contributed by atoms with E-state index in [-0.39, 0.29) is 23.0 Å². The lowest BCUT2D eigenvalue weighted by atomic mass is 10.1. The molecule has 2 heterocycles. The molecular weight excluding hydrogens is 377 g/mol. The van der Waals surface area contributed by atoms with E-state index in [0.717, 1.165) is 5.56 Å². The summed E-state index contributed by atoms with van der Waals surface area (Å²) in [4.78, 5) is 42.0. The highest BCUT2D eigenvalue weighted by Crippen LogP contribution is 2.23. The second-order valence-corrected chi connectivity index (χ2v) is 6.96. The number of hydrogen-bond acceptors (Lipinski definition) is 4. The highest BCUT2D eigenvalue weighted by Gasteiger charge is 2.34. The smallest absolute Gasteiger partial charge is 0.293 e. The first kappa shape index (κ1) is 18.7. The molecule has 4 rings (SSSR count). The van der Waals surface area contributed by atoms with Gasteiger partial charge in [-0.2, -0.15) is 0 Å². The van der Waals surface area contributed by atoms with Crippen LogP contribution < -0.4 is 5.32 Å². The lowest BCUT2D eigenvalue weighted by Gasteiger charge is -2.17. The SMILES string of the molecule is O=C(NC1CCN(Cc2ccc(F)cc2)C1=O)C(=O)c1c[nH]c2ccc(O)cc12. The van der Waals surface area contributed by atoms with Crippen LogP contribution in [0, 0.1) is 5.82 Å². The summed E-state index contributed by atoms with van der Waals surface area (Å²) in [5.41, 5.74) is 1.52. The number of amides is 2. The number of aromatic amines is 1. The molecule has 0 bridgehead atoms. The number of rotatable bonds is 5. The molecule has 0 spiro atoms. The zero-order chi connectivity index (χ0) is 20.5. The Kier molecular flexibility index (Phi) is 4.75. The number of aromatic nitrogens is 1. The lowest BCUT2D eigenvalue weighted by Crippen LogP contribution is -2.44. The maximum atomic E-state index is 13.0. The Morgan fingerprint density at radius 3 is 2.72 bits per heavy atom. The van der Waals surface area contributed by atoms with Crippen LogP contribution >= 0.6 is 0 Å². The molecule has 1 atom stereocenters. The van der Waals surface area contributed by atoms with Crippen LogP contribution in [0.2, 0.25) is 0 Å². The van der Waals surface area contributed by atoms with Gasteiger partial charge in [0, 0.05) is 30.2 Å². The predicted octanol–water partition coefficient (Wildman–Crippen LogP) is 2.11. The zero-order valence-corrected chi connectivity index (χ0v) is 15.3. The fourth-order valence-electron chi connectivity index (χ4n) is 3.48. The van der Waals surface area contributed by atoms with Gasteiger partial charge in [-0.25, -0.2) is 4.39 Å². The molecule has 148 valence electrons. The zero-order valence-electron chi connectivity index (χ0n) is 15.3. The van der Waals surface area contributed by atoms with Crippen LogP contribution in [-0.4, -0.2) is 45.2 Å². The number of aromatic hydroxyl groups is 1. The standard InChI is InChI=1S/C21H18FN3O4/c22-13-3-1-12(2-4-13)11-25-8-7-18(21(25)29)24-20(28)19(27)16-10-23-17-6-5-14(26)9-15(16)17/h1-6,9-10,18,23,26H,7-8,11H2,(H,24,28). The van der Waals surface area contributed by atoms with Gasteiger partial charge in [-0.05, 0) is 42.3 Å². The number of phenols is 1. The van der Waals surface area contributed by atoms with Crippen molar-refractivity contribution in [3.63, 3.8) is 0 Å². The van der Waals surface area contributed by atoms with Crippen molar-refractivity contribution in [3.05, 3.63) is 65.6 Å². The summed E-state index contributed by atoms with van der Waals surface area (Å²) in [7, 11) is 0. The minimum atomic E-state index is -0.878. The summed E-state index contributed by atoms with van der Waals surface area (Å²) < 4.78 is 13.0. The van der Waals surface area contributed by atoms with Crippen molar-refractivity contribution >= 4 is 28.5 Å². The molecule has 0 aliphatic carbocycles. The molecule has 1 fully saturated rings. The molecular formula is C21H18FN3O4. The summed E-state index contributed by atoms with van der Waals surface area (Å²) in [6.45, 7) is 0.734. The Hall–Kier alpha value is -3.68. The van der Waals surface area contributed by atoms with E-state index in [4.69, 9.17) is 0 Å². The number of ketones is 1. The number of halogens is 1. The number of fused-ring (bicyclic) bond motifs is 1. The molecule has 2 aromatic carbocycles. The van der Waals surface area contributed by atoms with Crippen LogP contribution in [0.5, 0.6) is 5.75 Å². The first-order valence-electron chi connectivity index (χ1n) is 9.11. The predicted molar refractivity (Wildman–Crippen MR) is 103 cm³/mol. The second kappa shape index (κ2) is 7.38. The first-order chi connectivity index (χ1) is 13.9. The van der Waals surface area contributed by atoms with E-state index in [1.165, 1.54) is 30.5 Å². The van der Waals surface area contributed by atoms with E-state index >= 15 is 0 Å². The summed E-state index contributed by atoms with van der Waals surface area (Å²) in [5.74, 6) is -2.32. The lowest BCUT2D eigenvalue weighted by molar-refractivity contribution is -0.132. The average Bonchev–Trinajstić information content (AvgIpc) is 3.27. The summed E-state index contributed by atoms with van der Waals surface area (Å²) >= 11 is 0. The van der Waals surface area contributed by atoms with Gasteiger partial charge in [0.15, 0.2) is 0 Å². The number of carbonyl (C=O) groups is 3. The maximum Gasteiger partial charge on any atom is 0.293 e. The number of H-pyrrole nitrogens is 1.